The van der Waals surface area contributed by atoms with Crippen molar-refractivity contribution in [3.05, 3.63) is 6.33 Å². The van der Waals surface area contributed by atoms with Gasteiger partial charge in [-0.05, 0) is 0 Å². The first kappa shape index (κ1) is 8.91. The topological polar surface area (TPSA) is 28.7 Å². The number of aromatic nitrogens is 2. The summed E-state index contributed by atoms with van der Waals surface area (Å²) in [5.74, 6) is 0. The summed E-state index contributed by atoms with van der Waals surface area (Å²) in [5, 5.41) is 1.35. The molecule has 0 aliphatic heterocycles. The molecule has 0 atom stereocenters. The van der Waals surface area contributed by atoms with Gasteiger partial charge >= 0.3 is 0 Å². The van der Waals surface area contributed by atoms with Crippen LogP contribution in [-0.2, 0) is 0 Å². The smallest absolute Gasteiger partial charge is 0.125 e. The average Bonchev–Trinajstić information content (AvgIpc) is 2.23. The first-order valence-corrected chi connectivity index (χ1v) is 3.61. The van der Waals surface area contributed by atoms with Crippen LogP contribution >= 0.6 is 25.3 Å². The van der Waals surface area contributed by atoms with Gasteiger partial charge in [-0.15, -0.1) is 25.3 Å². The number of rotatable bonds is 0. The van der Waals surface area contributed by atoms with E-state index in [0.717, 1.165) is 0 Å². The number of hydrogen-bond donors (Lipinski definition) is 3. The molecule has 1 N–H and O–H groups in total. The molecule has 1 heterocycles. The average molecular weight is 162 g/mol. The molecule has 0 saturated heterocycles. The zero-order valence-corrected chi connectivity index (χ0v) is 7.21. The van der Waals surface area contributed by atoms with Crippen LogP contribution < -0.4 is 0 Å². The highest BCUT2D eigenvalue weighted by Crippen LogP contribution is 2.09. The number of thiol groups is 2. The van der Waals surface area contributed by atoms with Crippen molar-refractivity contribution in [3.8, 4) is 0 Å². The third kappa shape index (κ3) is 2.81. The van der Waals surface area contributed by atoms with Crippen LogP contribution in [0.4, 0.5) is 0 Å². The van der Waals surface area contributed by atoms with Crippen LogP contribution in [0.25, 0.3) is 0 Å². The second-order valence-corrected chi connectivity index (χ2v) is 1.95. The van der Waals surface area contributed by atoms with Crippen LogP contribution in [0.2, 0.25) is 0 Å². The van der Waals surface area contributed by atoms with Gasteiger partial charge in [0.2, 0.25) is 0 Å². The van der Waals surface area contributed by atoms with E-state index in [0.29, 0.717) is 10.1 Å². The molecule has 9 heavy (non-hydrogen) atoms. The lowest BCUT2D eigenvalue weighted by atomic mass is 10.9. The van der Waals surface area contributed by atoms with Crippen molar-refractivity contribution >= 4 is 25.3 Å². The Kier molecular flexibility index (Phi) is 4.71. The summed E-state index contributed by atoms with van der Waals surface area (Å²) in [6.45, 7) is 4.00. The van der Waals surface area contributed by atoms with Gasteiger partial charge in [0.25, 0.3) is 0 Å². The number of aromatic amines is 1. The van der Waals surface area contributed by atoms with E-state index < -0.39 is 0 Å². The summed E-state index contributed by atoms with van der Waals surface area (Å²) < 4.78 is 0. The summed E-state index contributed by atoms with van der Waals surface area (Å²) in [7, 11) is 0. The Morgan fingerprint density at radius 3 is 2.11 bits per heavy atom. The van der Waals surface area contributed by atoms with E-state index in [9.17, 15) is 0 Å². The molecule has 0 aromatic carbocycles. The molecule has 0 spiro atoms. The number of imidazole rings is 1. The SMILES string of the molecule is CC.Sc1nc[nH]c1S. The highest BCUT2D eigenvalue weighted by Gasteiger charge is 1.90. The molecule has 52 valence electrons. The molecule has 0 unspecified atom stereocenters. The number of nitrogens with zero attached hydrogens (tertiary/aromatic N) is 1. The van der Waals surface area contributed by atoms with Crippen LogP contribution in [0.1, 0.15) is 13.8 Å². The lowest BCUT2D eigenvalue weighted by Gasteiger charge is -1.76. The number of hydrogen-bond acceptors (Lipinski definition) is 3. The van der Waals surface area contributed by atoms with Gasteiger partial charge in [0.05, 0.1) is 6.33 Å². The largest absolute Gasteiger partial charge is 0.339 e. The van der Waals surface area contributed by atoms with Crippen molar-refractivity contribution in [2.24, 2.45) is 0 Å². The molecule has 4 heteroatoms. The lowest BCUT2D eigenvalue weighted by molar-refractivity contribution is 1.10. The molecule has 2 nitrogen and oxygen atoms in total. The zero-order valence-electron chi connectivity index (χ0n) is 5.42. The molecule has 1 aromatic heterocycles. The Morgan fingerprint density at radius 2 is 2.00 bits per heavy atom. The Morgan fingerprint density at radius 1 is 1.44 bits per heavy atom. The van der Waals surface area contributed by atoms with Gasteiger partial charge in [-0.1, -0.05) is 13.8 Å². The van der Waals surface area contributed by atoms with Crippen molar-refractivity contribution in [3.63, 3.8) is 0 Å². The van der Waals surface area contributed by atoms with Crippen molar-refractivity contribution in [1.29, 1.82) is 0 Å². The Labute approximate surface area is 65.9 Å². The second kappa shape index (κ2) is 4.76. The predicted molar refractivity (Wildman–Crippen MR) is 44.4 cm³/mol. The molecular weight excluding hydrogens is 152 g/mol. The van der Waals surface area contributed by atoms with Crippen LogP contribution in [0.5, 0.6) is 0 Å². The van der Waals surface area contributed by atoms with E-state index in [1.165, 1.54) is 0 Å². The van der Waals surface area contributed by atoms with E-state index in [4.69, 9.17) is 0 Å². The molecule has 1 aromatic rings. The summed E-state index contributed by atoms with van der Waals surface area (Å²) in [6.07, 6.45) is 1.55. The summed E-state index contributed by atoms with van der Waals surface area (Å²) in [6, 6.07) is 0. The van der Waals surface area contributed by atoms with Crippen LogP contribution in [-0.4, -0.2) is 9.97 Å². The molecule has 1 rings (SSSR count). The van der Waals surface area contributed by atoms with Crippen LogP contribution in [0, 0.1) is 0 Å². The third-order valence-electron chi connectivity index (χ3n) is 0.600. The number of nitrogens with one attached hydrogen (secondary N) is 1. The lowest BCUT2D eigenvalue weighted by Crippen LogP contribution is -1.60. The van der Waals surface area contributed by atoms with Crippen LogP contribution in [0.3, 0.4) is 0 Å². The fraction of sp³-hybridized carbons (Fsp3) is 0.400. The molecule has 0 amide bonds. The van der Waals surface area contributed by atoms with E-state index in [2.05, 4.69) is 35.2 Å². The highest BCUT2D eigenvalue weighted by molar-refractivity contribution is 7.83. The van der Waals surface area contributed by atoms with Crippen molar-refractivity contribution in [2.75, 3.05) is 0 Å². The minimum atomic E-state index is 0.642. The van der Waals surface area contributed by atoms with Gasteiger partial charge in [-0.25, -0.2) is 4.98 Å². The molecule has 0 radical (unpaired) electrons. The highest BCUT2D eigenvalue weighted by atomic mass is 32.1. The van der Waals surface area contributed by atoms with Gasteiger partial charge in [0.15, 0.2) is 0 Å². The van der Waals surface area contributed by atoms with Crippen molar-refractivity contribution < 1.29 is 0 Å². The fourth-order valence-corrected chi connectivity index (χ4v) is 0.518. The second-order valence-electron chi connectivity index (χ2n) is 1.07. The molecular formula is C5H10N2S2. The molecule has 0 bridgehead atoms. The van der Waals surface area contributed by atoms with E-state index in [1.54, 1.807) is 6.33 Å². The van der Waals surface area contributed by atoms with E-state index in [-0.39, 0.29) is 0 Å². The van der Waals surface area contributed by atoms with Crippen molar-refractivity contribution in [1.82, 2.24) is 9.97 Å². The van der Waals surface area contributed by atoms with Gasteiger partial charge in [0, 0.05) is 0 Å². The summed E-state index contributed by atoms with van der Waals surface area (Å²) in [4.78, 5) is 6.49. The molecule has 0 aliphatic rings. The minimum absolute atomic E-state index is 0.642. The van der Waals surface area contributed by atoms with Gasteiger partial charge in [-0.2, -0.15) is 0 Å². The van der Waals surface area contributed by atoms with E-state index in [1.807, 2.05) is 13.8 Å². The van der Waals surface area contributed by atoms with Gasteiger partial charge in [0.1, 0.15) is 10.1 Å². The van der Waals surface area contributed by atoms with Crippen molar-refractivity contribution in [2.45, 2.75) is 23.9 Å². The normalized spacial score (nSPS) is 8.00. The standard InChI is InChI=1S/C3H4N2S2.C2H6/c6-2-3(7)5-1-4-2;1-2/h1,6-7H,(H,4,5);1-2H3. The quantitative estimate of drug-likeness (QED) is 0.500. The first-order valence-electron chi connectivity index (χ1n) is 2.72. The first-order chi connectivity index (χ1) is 4.30. The predicted octanol–water partition coefficient (Wildman–Crippen LogP) is 2.01. The summed E-state index contributed by atoms with van der Waals surface area (Å²) >= 11 is 7.88. The van der Waals surface area contributed by atoms with Gasteiger partial charge in [-0.3, -0.25) is 0 Å². The maximum Gasteiger partial charge on any atom is 0.125 e. The summed E-state index contributed by atoms with van der Waals surface area (Å²) in [5.41, 5.74) is 0. The van der Waals surface area contributed by atoms with Crippen LogP contribution in [0.15, 0.2) is 16.4 Å². The maximum atomic E-state index is 3.95. The fourth-order valence-electron chi connectivity index (χ4n) is 0.280. The van der Waals surface area contributed by atoms with E-state index >= 15 is 0 Å². The number of H-pyrrole nitrogens is 1. The Balaban J connectivity index is 0.000000291. The maximum absolute atomic E-state index is 3.95. The minimum Gasteiger partial charge on any atom is -0.339 e. The monoisotopic (exact) mass is 162 g/mol. The Hall–Kier alpha value is -0.0900. The zero-order chi connectivity index (χ0) is 7.28. The molecule has 0 fully saturated rings. The Bertz CT molecular complexity index is 145. The van der Waals surface area contributed by atoms with Gasteiger partial charge < -0.3 is 4.98 Å². The third-order valence-corrected chi connectivity index (χ3v) is 1.46. The molecule has 0 saturated carbocycles. The molecule has 0 aliphatic carbocycles.